The van der Waals surface area contributed by atoms with E-state index in [9.17, 15) is 0 Å². The van der Waals surface area contributed by atoms with Crippen LogP contribution in [-0.2, 0) is 0 Å². The molecule has 1 aromatic carbocycles. The predicted molar refractivity (Wildman–Crippen MR) is 93.1 cm³/mol. The van der Waals surface area contributed by atoms with E-state index in [1.807, 2.05) is 25.1 Å². The number of nitrogen functional groups attached to an aromatic ring is 1. The number of hydrogen-bond acceptors (Lipinski definition) is 3. The minimum Gasteiger partial charge on any atom is -0.494 e. The third-order valence-corrected chi connectivity index (χ3v) is 3.60. The summed E-state index contributed by atoms with van der Waals surface area (Å²) < 4.78 is 5.50. The fourth-order valence-corrected chi connectivity index (χ4v) is 2.47. The first-order valence-corrected chi connectivity index (χ1v) is 8.53. The Morgan fingerprint density at radius 1 is 0.905 bits per heavy atom. The standard InChI is InChI=1S/C18H32N2O/c1-3-5-6-7-8-9-10-11-12-20-17-13-16(19)14-18(15-17)21-4-2/h13-15,20H,3-12,19H2,1-2H3. The van der Waals surface area contributed by atoms with Crippen LogP contribution in [0.5, 0.6) is 5.75 Å². The minimum absolute atomic E-state index is 0.668. The molecule has 3 N–H and O–H groups in total. The quantitative estimate of drug-likeness (QED) is 0.410. The molecule has 0 aliphatic heterocycles. The molecule has 1 aromatic rings. The highest BCUT2D eigenvalue weighted by atomic mass is 16.5. The van der Waals surface area contributed by atoms with E-state index in [1.165, 1.54) is 51.4 Å². The van der Waals surface area contributed by atoms with E-state index in [2.05, 4.69) is 12.2 Å². The Hall–Kier alpha value is -1.38. The summed E-state index contributed by atoms with van der Waals surface area (Å²) in [5, 5.41) is 3.44. The van der Waals surface area contributed by atoms with Crippen LogP contribution in [-0.4, -0.2) is 13.2 Å². The molecule has 0 aliphatic rings. The summed E-state index contributed by atoms with van der Waals surface area (Å²) in [5.74, 6) is 0.843. The predicted octanol–water partition coefficient (Wildman–Crippen LogP) is 5.22. The van der Waals surface area contributed by atoms with Gasteiger partial charge < -0.3 is 15.8 Å². The van der Waals surface area contributed by atoms with Gasteiger partial charge in [-0.1, -0.05) is 51.9 Å². The highest BCUT2D eigenvalue weighted by Crippen LogP contribution is 2.22. The van der Waals surface area contributed by atoms with Crippen molar-refractivity contribution in [2.45, 2.75) is 65.2 Å². The molecule has 0 amide bonds. The Balaban J connectivity index is 2.12. The average molecular weight is 292 g/mol. The Bertz CT molecular complexity index is 379. The summed E-state index contributed by atoms with van der Waals surface area (Å²) >= 11 is 0. The van der Waals surface area contributed by atoms with Crippen molar-refractivity contribution in [3.05, 3.63) is 18.2 Å². The van der Waals surface area contributed by atoms with Gasteiger partial charge in [0.25, 0.3) is 0 Å². The van der Waals surface area contributed by atoms with Crippen LogP contribution >= 0.6 is 0 Å². The van der Waals surface area contributed by atoms with Crippen LogP contribution in [0.3, 0.4) is 0 Å². The van der Waals surface area contributed by atoms with E-state index in [4.69, 9.17) is 10.5 Å². The number of unbranched alkanes of at least 4 members (excludes halogenated alkanes) is 7. The zero-order valence-corrected chi connectivity index (χ0v) is 13.8. The van der Waals surface area contributed by atoms with E-state index in [0.29, 0.717) is 6.61 Å². The van der Waals surface area contributed by atoms with Crippen LogP contribution in [0.1, 0.15) is 65.2 Å². The van der Waals surface area contributed by atoms with Gasteiger partial charge in [-0.25, -0.2) is 0 Å². The van der Waals surface area contributed by atoms with Gasteiger partial charge in [0.2, 0.25) is 0 Å². The molecule has 3 nitrogen and oxygen atoms in total. The fourth-order valence-electron chi connectivity index (χ4n) is 2.47. The topological polar surface area (TPSA) is 47.3 Å². The molecule has 0 saturated heterocycles. The average Bonchev–Trinajstić information content (AvgIpc) is 2.45. The van der Waals surface area contributed by atoms with Crippen molar-refractivity contribution >= 4 is 11.4 Å². The lowest BCUT2D eigenvalue weighted by molar-refractivity contribution is 0.340. The smallest absolute Gasteiger partial charge is 0.123 e. The summed E-state index contributed by atoms with van der Waals surface area (Å²) in [4.78, 5) is 0. The van der Waals surface area contributed by atoms with Crippen LogP contribution in [0, 0.1) is 0 Å². The Kier molecular flexibility index (Phi) is 9.51. The first kappa shape index (κ1) is 17.7. The molecule has 0 bridgehead atoms. The highest BCUT2D eigenvalue weighted by molar-refractivity contribution is 5.59. The van der Waals surface area contributed by atoms with Gasteiger partial charge in [0.15, 0.2) is 0 Å². The van der Waals surface area contributed by atoms with Gasteiger partial charge in [-0.05, 0) is 19.4 Å². The first-order valence-electron chi connectivity index (χ1n) is 8.53. The van der Waals surface area contributed by atoms with Gasteiger partial charge in [-0.15, -0.1) is 0 Å². The second kappa shape index (κ2) is 11.3. The molecule has 0 aromatic heterocycles. The second-order valence-corrected chi connectivity index (χ2v) is 5.63. The largest absolute Gasteiger partial charge is 0.494 e. The molecule has 0 atom stereocenters. The summed E-state index contributed by atoms with van der Waals surface area (Å²) in [6.45, 7) is 5.92. The van der Waals surface area contributed by atoms with Crippen molar-refractivity contribution in [1.82, 2.24) is 0 Å². The van der Waals surface area contributed by atoms with Gasteiger partial charge in [0.05, 0.1) is 6.61 Å². The zero-order valence-electron chi connectivity index (χ0n) is 13.8. The maximum atomic E-state index is 5.88. The molecule has 21 heavy (non-hydrogen) atoms. The number of benzene rings is 1. The van der Waals surface area contributed by atoms with Gasteiger partial charge in [-0.2, -0.15) is 0 Å². The minimum atomic E-state index is 0.668. The lowest BCUT2D eigenvalue weighted by Crippen LogP contribution is -2.03. The highest BCUT2D eigenvalue weighted by Gasteiger charge is 1.99. The molecular formula is C18H32N2O. The number of anilines is 2. The maximum Gasteiger partial charge on any atom is 0.123 e. The summed E-state index contributed by atoms with van der Waals surface area (Å²) in [7, 11) is 0. The van der Waals surface area contributed by atoms with E-state index in [-0.39, 0.29) is 0 Å². The van der Waals surface area contributed by atoms with Crippen LogP contribution in [0.25, 0.3) is 0 Å². The Morgan fingerprint density at radius 3 is 2.24 bits per heavy atom. The van der Waals surface area contributed by atoms with Crippen LogP contribution in [0.2, 0.25) is 0 Å². The van der Waals surface area contributed by atoms with Crippen LogP contribution < -0.4 is 15.8 Å². The van der Waals surface area contributed by atoms with Crippen molar-refractivity contribution in [3.63, 3.8) is 0 Å². The third-order valence-electron chi connectivity index (χ3n) is 3.60. The summed E-state index contributed by atoms with van der Waals surface area (Å²) in [6, 6.07) is 5.85. The van der Waals surface area contributed by atoms with Gasteiger partial charge in [-0.3, -0.25) is 0 Å². The second-order valence-electron chi connectivity index (χ2n) is 5.63. The summed E-state index contributed by atoms with van der Waals surface area (Å²) in [6.07, 6.45) is 10.8. The normalized spacial score (nSPS) is 10.6. The lowest BCUT2D eigenvalue weighted by atomic mass is 10.1. The lowest BCUT2D eigenvalue weighted by Gasteiger charge is -2.10. The summed E-state index contributed by atoms with van der Waals surface area (Å²) in [5.41, 5.74) is 7.69. The fraction of sp³-hybridized carbons (Fsp3) is 0.667. The number of nitrogens with one attached hydrogen (secondary N) is 1. The van der Waals surface area contributed by atoms with Crippen molar-refractivity contribution in [2.75, 3.05) is 24.2 Å². The number of ether oxygens (including phenoxy) is 1. The van der Waals surface area contributed by atoms with Gasteiger partial charge >= 0.3 is 0 Å². The van der Waals surface area contributed by atoms with E-state index in [1.54, 1.807) is 0 Å². The van der Waals surface area contributed by atoms with Crippen molar-refractivity contribution in [2.24, 2.45) is 0 Å². The number of rotatable bonds is 12. The van der Waals surface area contributed by atoms with Crippen LogP contribution in [0.4, 0.5) is 11.4 Å². The van der Waals surface area contributed by atoms with E-state index >= 15 is 0 Å². The Morgan fingerprint density at radius 2 is 1.57 bits per heavy atom. The molecule has 3 heteroatoms. The van der Waals surface area contributed by atoms with Crippen molar-refractivity contribution in [1.29, 1.82) is 0 Å². The maximum absolute atomic E-state index is 5.88. The molecule has 0 unspecified atom stereocenters. The van der Waals surface area contributed by atoms with Crippen molar-refractivity contribution < 1.29 is 4.74 Å². The van der Waals surface area contributed by atoms with Crippen molar-refractivity contribution in [3.8, 4) is 5.75 Å². The molecule has 120 valence electrons. The first-order chi connectivity index (χ1) is 10.3. The molecule has 0 aliphatic carbocycles. The molecule has 0 fully saturated rings. The Labute approximate surface area is 130 Å². The van der Waals surface area contributed by atoms with E-state index < -0.39 is 0 Å². The molecular weight excluding hydrogens is 260 g/mol. The SMILES string of the molecule is CCCCCCCCCCNc1cc(N)cc(OCC)c1. The number of nitrogens with two attached hydrogens (primary N) is 1. The van der Waals surface area contributed by atoms with E-state index in [0.717, 1.165) is 23.7 Å². The molecule has 0 radical (unpaired) electrons. The van der Waals surface area contributed by atoms with Gasteiger partial charge in [0.1, 0.15) is 5.75 Å². The molecule has 1 rings (SSSR count). The zero-order chi connectivity index (χ0) is 15.3. The number of hydrogen-bond donors (Lipinski definition) is 2. The monoisotopic (exact) mass is 292 g/mol. The molecule has 0 heterocycles. The van der Waals surface area contributed by atoms with Gasteiger partial charge in [0, 0.05) is 30.1 Å². The molecule has 0 spiro atoms. The molecule has 0 saturated carbocycles. The third kappa shape index (κ3) is 8.49. The van der Waals surface area contributed by atoms with Crippen LogP contribution in [0.15, 0.2) is 18.2 Å².